The molecule has 0 radical (unpaired) electrons. The van der Waals surface area contributed by atoms with E-state index in [0.29, 0.717) is 9.52 Å². The SMILES string of the molecule is CCCC[SiH2]CCBr. The molecule has 0 aromatic rings. The van der Waals surface area contributed by atoms with Gasteiger partial charge in [-0.05, 0) is 0 Å². The molecule has 0 amide bonds. The first-order chi connectivity index (χ1) is 3.91. The van der Waals surface area contributed by atoms with Crippen molar-refractivity contribution in [3.63, 3.8) is 0 Å². The Hall–Kier alpha value is 0.697. The van der Waals surface area contributed by atoms with Gasteiger partial charge in [-0.3, -0.25) is 0 Å². The van der Waals surface area contributed by atoms with Crippen LogP contribution in [-0.4, -0.2) is 14.8 Å². The molecule has 0 unspecified atom stereocenters. The second kappa shape index (κ2) is 7.70. The van der Waals surface area contributed by atoms with Crippen molar-refractivity contribution in [3.05, 3.63) is 0 Å². The van der Waals surface area contributed by atoms with Gasteiger partial charge in [-0.15, -0.1) is 0 Å². The minimum atomic E-state index is 0.353. The van der Waals surface area contributed by atoms with Gasteiger partial charge in [0, 0.05) is 14.8 Å². The molecule has 0 aliphatic heterocycles. The molecule has 0 aromatic heterocycles. The first kappa shape index (κ1) is 8.70. The Morgan fingerprint density at radius 2 is 2.12 bits per heavy atom. The molecule has 0 nitrogen and oxygen atoms in total. The summed E-state index contributed by atoms with van der Waals surface area (Å²) in [6, 6.07) is 3.04. The second-order valence-corrected chi connectivity index (χ2v) is 5.02. The zero-order chi connectivity index (χ0) is 6.24. The fraction of sp³-hybridized carbons (Fsp3) is 1.00. The maximum atomic E-state index is 3.44. The van der Waals surface area contributed by atoms with E-state index in [9.17, 15) is 0 Å². The van der Waals surface area contributed by atoms with Crippen molar-refractivity contribution in [1.82, 2.24) is 0 Å². The average Bonchev–Trinajstić information content (AvgIpc) is 1.81. The van der Waals surface area contributed by atoms with Gasteiger partial charge in [0.15, 0.2) is 0 Å². The second-order valence-electron chi connectivity index (χ2n) is 2.10. The van der Waals surface area contributed by atoms with Crippen LogP contribution < -0.4 is 0 Å². The van der Waals surface area contributed by atoms with E-state index in [1.165, 1.54) is 24.2 Å². The maximum Gasteiger partial charge on any atom is 0.0207 e. The third kappa shape index (κ3) is 6.70. The molecule has 0 saturated heterocycles. The first-order valence-corrected chi connectivity index (χ1v) is 6.60. The van der Waals surface area contributed by atoms with Crippen LogP contribution in [0.2, 0.25) is 12.1 Å². The molecule has 0 spiro atoms. The molecule has 0 aromatic carbocycles. The van der Waals surface area contributed by atoms with Gasteiger partial charge in [0.25, 0.3) is 0 Å². The number of alkyl halides is 1. The molecule has 0 N–H and O–H groups in total. The van der Waals surface area contributed by atoms with Gasteiger partial charge in [0.2, 0.25) is 0 Å². The molecule has 2 heteroatoms. The van der Waals surface area contributed by atoms with E-state index in [1.54, 1.807) is 6.04 Å². The fourth-order valence-electron chi connectivity index (χ4n) is 0.698. The number of rotatable bonds is 5. The van der Waals surface area contributed by atoms with Crippen LogP contribution in [0.15, 0.2) is 0 Å². The molecule has 8 heavy (non-hydrogen) atoms. The van der Waals surface area contributed by atoms with E-state index in [0.717, 1.165) is 0 Å². The minimum absolute atomic E-state index is 0.353. The fourth-order valence-corrected chi connectivity index (χ4v) is 3.28. The van der Waals surface area contributed by atoms with Gasteiger partial charge in [-0.1, -0.05) is 47.8 Å². The highest BCUT2D eigenvalue weighted by molar-refractivity contribution is 9.09. The van der Waals surface area contributed by atoms with Crippen molar-refractivity contribution in [3.8, 4) is 0 Å². The Labute approximate surface area is 63.0 Å². The molecule has 0 bridgehead atoms. The first-order valence-electron chi connectivity index (χ1n) is 3.47. The van der Waals surface area contributed by atoms with E-state index in [-0.39, 0.29) is 0 Å². The summed E-state index contributed by atoms with van der Waals surface area (Å²) >= 11 is 3.44. The lowest BCUT2D eigenvalue weighted by atomic mass is 10.4. The van der Waals surface area contributed by atoms with Gasteiger partial charge >= 0.3 is 0 Å². The monoisotopic (exact) mass is 194 g/mol. The summed E-state index contributed by atoms with van der Waals surface area (Å²) in [4.78, 5) is 0. The highest BCUT2D eigenvalue weighted by Gasteiger charge is 1.85. The Morgan fingerprint density at radius 3 is 2.62 bits per heavy atom. The van der Waals surface area contributed by atoms with Crippen molar-refractivity contribution in [1.29, 1.82) is 0 Å². The van der Waals surface area contributed by atoms with Gasteiger partial charge in [0.1, 0.15) is 0 Å². The van der Waals surface area contributed by atoms with Crippen LogP contribution in [0.1, 0.15) is 19.8 Å². The van der Waals surface area contributed by atoms with E-state index in [2.05, 4.69) is 22.9 Å². The summed E-state index contributed by atoms with van der Waals surface area (Å²) in [6.45, 7) is 2.27. The normalized spacial score (nSPS) is 11.2. The summed E-state index contributed by atoms with van der Waals surface area (Å²) in [7, 11) is 0.353. The molecule has 0 fully saturated rings. The van der Waals surface area contributed by atoms with E-state index >= 15 is 0 Å². The predicted octanol–water partition coefficient (Wildman–Crippen LogP) is 2.19. The van der Waals surface area contributed by atoms with Crippen molar-refractivity contribution in [2.75, 3.05) is 5.33 Å². The zero-order valence-corrected chi connectivity index (χ0v) is 8.62. The molecule has 0 rings (SSSR count). The van der Waals surface area contributed by atoms with Crippen molar-refractivity contribution >= 4 is 25.4 Å². The topological polar surface area (TPSA) is 0 Å². The van der Waals surface area contributed by atoms with Gasteiger partial charge in [0.05, 0.1) is 0 Å². The lowest BCUT2D eigenvalue weighted by Crippen LogP contribution is -1.87. The lowest BCUT2D eigenvalue weighted by molar-refractivity contribution is 0.878. The van der Waals surface area contributed by atoms with Crippen LogP contribution in [-0.2, 0) is 0 Å². The van der Waals surface area contributed by atoms with Crippen LogP contribution in [0.25, 0.3) is 0 Å². The van der Waals surface area contributed by atoms with Crippen LogP contribution in [0.4, 0.5) is 0 Å². The summed E-state index contributed by atoms with van der Waals surface area (Å²) in [5.41, 5.74) is 0. The summed E-state index contributed by atoms with van der Waals surface area (Å²) in [5, 5.41) is 1.24. The van der Waals surface area contributed by atoms with Crippen molar-refractivity contribution in [2.24, 2.45) is 0 Å². The van der Waals surface area contributed by atoms with Gasteiger partial charge in [-0.2, -0.15) is 0 Å². The molecular formula is C6H15BrSi. The number of halogens is 1. The van der Waals surface area contributed by atoms with E-state index in [4.69, 9.17) is 0 Å². The molecule has 0 aliphatic rings. The molecule has 0 heterocycles. The van der Waals surface area contributed by atoms with Crippen LogP contribution in [0.5, 0.6) is 0 Å². The predicted molar refractivity (Wildman–Crippen MR) is 46.9 cm³/mol. The standard InChI is InChI=1S/C6H15BrSi/c1-2-3-5-8-6-4-7/h2-6,8H2,1H3. The lowest BCUT2D eigenvalue weighted by Gasteiger charge is -1.92. The smallest absolute Gasteiger partial charge is 0.0207 e. The molecule has 50 valence electrons. The van der Waals surface area contributed by atoms with Crippen molar-refractivity contribution in [2.45, 2.75) is 31.9 Å². The average molecular weight is 195 g/mol. The van der Waals surface area contributed by atoms with Crippen LogP contribution in [0, 0.1) is 0 Å². The van der Waals surface area contributed by atoms with E-state index in [1.807, 2.05) is 0 Å². The number of hydrogen-bond acceptors (Lipinski definition) is 0. The van der Waals surface area contributed by atoms with Gasteiger partial charge < -0.3 is 0 Å². The summed E-state index contributed by atoms with van der Waals surface area (Å²) in [6.07, 6.45) is 2.86. The number of unbranched alkanes of at least 4 members (excludes halogenated alkanes) is 1. The third-order valence-electron chi connectivity index (χ3n) is 1.24. The Balaban J connectivity index is 2.53. The minimum Gasteiger partial charge on any atom is -0.0931 e. The van der Waals surface area contributed by atoms with Crippen LogP contribution in [0.3, 0.4) is 0 Å². The molecule has 0 aliphatic carbocycles. The molecular weight excluding hydrogens is 180 g/mol. The molecule has 0 atom stereocenters. The largest absolute Gasteiger partial charge is 0.0931 e. The zero-order valence-electron chi connectivity index (χ0n) is 5.62. The Kier molecular flexibility index (Phi) is 8.37. The summed E-state index contributed by atoms with van der Waals surface area (Å²) < 4.78 is 0. The summed E-state index contributed by atoms with van der Waals surface area (Å²) in [5.74, 6) is 0. The quantitative estimate of drug-likeness (QED) is 0.358. The highest BCUT2D eigenvalue weighted by Crippen LogP contribution is 1.97. The van der Waals surface area contributed by atoms with E-state index < -0.39 is 0 Å². The third-order valence-corrected chi connectivity index (χ3v) is 4.69. The Bertz CT molecular complexity index is 33.5. The van der Waals surface area contributed by atoms with Crippen molar-refractivity contribution < 1.29 is 0 Å². The highest BCUT2D eigenvalue weighted by atomic mass is 79.9. The number of hydrogen-bond donors (Lipinski definition) is 0. The Morgan fingerprint density at radius 1 is 1.38 bits per heavy atom. The van der Waals surface area contributed by atoms with Gasteiger partial charge in [-0.25, -0.2) is 0 Å². The maximum absolute atomic E-state index is 3.44. The molecule has 0 saturated carbocycles. The van der Waals surface area contributed by atoms with Crippen LogP contribution >= 0.6 is 15.9 Å².